The number of fused-ring (bicyclic) bond motifs is 1. The Hall–Kier alpha value is -1.71. The van der Waals surface area contributed by atoms with Crippen LogP contribution < -0.4 is 5.32 Å². The van der Waals surface area contributed by atoms with Crippen LogP contribution in [0.4, 0.5) is 0 Å². The Morgan fingerprint density at radius 1 is 1.10 bits per heavy atom. The summed E-state index contributed by atoms with van der Waals surface area (Å²) in [6.45, 7) is 2.14. The summed E-state index contributed by atoms with van der Waals surface area (Å²) >= 11 is 3.53. The molecule has 0 bridgehead atoms. The van der Waals surface area contributed by atoms with E-state index in [0.29, 0.717) is 0 Å². The second-order valence-electron chi connectivity index (χ2n) is 5.18. The molecule has 0 spiro atoms. The Labute approximate surface area is 133 Å². The first-order valence-corrected chi connectivity index (χ1v) is 7.76. The summed E-state index contributed by atoms with van der Waals surface area (Å²) in [4.78, 5) is 4.45. The maximum absolute atomic E-state index is 4.45. The first-order valence-electron chi connectivity index (χ1n) is 6.97. The van der Waals surface area contributed by atoms with Gasteiger partial charge in [0.05, 0.1) is 11.6 Å². The van der Waals surface area contributed by atoms with E-state index in [-0.39, 0.29) is 6.04 Å². The van der Waals surface area contributed by atoms with Gasteiger partial charge in [-0.3, -0.25) is 4.98 Å². The molecule has 0 fully saturated rings. The highest BCUT2D eigenvalue weighted by molar-refractivity contribution is 9.10. The molecule has 0 radical (unpaired) electrons. The third-order valence-corrected chi connectivity index (χ3v) is 4.29. The fourth-order valence-corrected chi connectivity index (χ4v) is 3.20. The highest BCUT2D eigenvalue weighted by Gasteiger charge is 2.14. The van der Waals surface area contributed by atoms with Crippen molar-refractivity contribution in [1.82, 2.24) is 10.3 Å². The maximum atomic E-state index is 4.45. The van der Waals surface area contributed by atoms with E-state index in [2.05, 4.69) is 75.6 Å². The minimum Gasteiger partial charge on any atom is -0.309 e. The zero-order valence-electron chi connectivity index (χ0n) is 12.1. The lowest BCUT2D eigenvalue weighted by Gasteiger charge is -2.20. The van der Waals surface area contributed by atoms with Gasteiger partial charge in [-0.15, -0.1) is 0 Å². The molecule has 3 heteroatoms. The quantitative estimate of drug-likeness (QED) is 0.752. The zero-order valence-corrected chi connectivity index (χ0v) is 13.7. The predicted molar refractivity (Wildman–Crippen MR) is 91.5 cm³/mol. The van der Waals surface area contributed by atoms with E-state index >= 15 is 0 Å². The molecule has 1 N–H and O–H groups in total. The highest BCUT2D eigenvalue weighted by Crippen LogP contribution is 2.28. The molecule has 0 aliphatic heterocycles. The van der Waals surface area contributed by atoms with Crippen molar-refractivity contribution in [2.24, 2.45) is 0 Å². The maximum Gasteiger partial charge on any atom is 0.0705 e. The predicted octanol–water partition coefficient (Wildman–Crippen LogP) is 4.61. The third-order valence-electron chi connectivity index (χ3n) is 3.79. The van der Waals surface area contributed by atoms with Crippen molar-refractivity contribution in [3.8, 4) is 0 Å². The van der Waals surface area contributed by atoms with E-state index in [1.165, 1.54) is 22.1 Å². The molecule has 0 amide bonds. The van der Waals surface area contributed by atoms with Crippen LogP contribution >= 0.6 is 15.9 Å². The molecule has 0 aliphatic rings. The van der Waals surface area contributed by atoms with Crippen LogP contribution in [0.5, 0.6) is 0 Å². The van der Waals surface area contributed by atoms with Gasteiger partial charge in [0.1, 0.15) is 0 Å². The fraction of sp³-hybridized carbons (Fsp3) is 0.167. The number of rotatable bonds is 3. The number of hydrogen-bond acceptors (Lipinski definition) is 2. The van der Waals surface area contributed by atoms with Crippen LogP contribution in [0.25, 0.3) is 10.9 Å². The molecule has 1 heterocycles. The van der Waals surface area contributed by atoms with Crippen molar-refractivity contribution in [2.75, 3.05) is 7.05 Å². The lowest BCUT2D eigenvalue weighted by molar-refractivity contribution is 0.688. The van der Waals surface area contributed by atoms with E-state index < -0.39 is 0 Å². The standard InChI is InChI=1S/C18H17BrN2/c1-12-10-15(19)7-8-16(12)18(20-2)14-6-5-13-4-3-9-21-17(13)11-14/h3-11,18,20H,1-2H3. The number of pyridine rings is 1. The molecule has 0 aliphatic carbocycles. The van der Waals surface area contributed by atoms with Crippen molar-refractivity contribution in [3.63, 3.8) is 0 Å². The second kappa shape index (κ2) is 5.96. The van der Waals surface area contributed by atoms with Crippen LogP contribution in [0.2, 0.25) is 0 Å². The van der Waals surface area contributed by atoms with Gasteiger partial charge in [-0.1, -0.05) is 40.2 Å². The van der Waals surface area contributed by atoms with E-state index in [1.54, 1.807) is 0 Å². The smallest absolute Gasteiger partial charge is 0.0705 e. The molecular formula is C18H17BrN2. The van der Waals surface area contributed by atoms with Gasteiger partial charge < -0.3 is 5.32 Å². The summed E-state index contributed by atoms with van der Waals surface area (Å²) in [5.41, 5.74) is 4.82. The Kier molecular flexibility index (Phi) is 4.04. The molecule has 2 aromatic carbocycles. The van der Waals surface area contributed by atoms with Gasteiger partial charge in [0, 0.05) is 16.1 Å². The minimum absolute atomic E-state index is 0.171. The number of aromatic nitrogens is 1. The first-order chi connectivity index (χ1) is 10.2. The van der Waals surface area contributed by atoms with Crippen molar-refractivity contribution in [3.05, 3.63) is 75.9 Å². The number of benzene rings is 2. The molecule has 0 saturated carbocycles. The Morgan fingerprint density at radius 2 is 1.95 bits per heavy atom. The molecule has 106 valence electrons. The van der Waals surface area contributed by atoms with Gasteiger partial charge in [-0.25, -0.2) is 0 Å². The molecule has 0 saturated heterocycles. The van der Waals surface area contributed by atoms with E-state index in [4.69, 9.17) is 0 Å². The van der Waals surface area contributed by atoms with E-state index in [0.717, 1.165) is 9.99 Å². The summed E-state index contributed by atoms with van der Waals surface area (Å²) in [7, 11) is 1.99. The van der Waals surface area contributed by atoms with Crippen molar-refractivity contribution in [1.29, 1.82) is 0 Å². The molecule has 1 aromatic heterocycles. The van der Waals surface area contributed by atoms with Crippen LogP contribution in [0.3, 0.4) is 0 Å². The number of hydrogen-bond donors (Lipinski definition) is 1. The Balaban J connectivity index is 2.09. The summed E-state index contributed by atoms with van der Waals surface area (Å²) < 4.78 is 1.11. The lowest BCUT2D eigenvalue weighted by Crippen LogP contribution is -2.18. The van der Waals surface area contributed by atoms with Crippen LogP contribution in [0.15, 0.2) is 59.2 Å². The summed E-state index contributed by atoms with van der Waals surface area (Å²) in [6, 6.07) is 17.1. The normalized spacial score (nSPS) is 12.5. The van der Waals surface area contributed by atoms with Gasteiger partial charge >= 0.3 is 0 Å². The van der Waals surface area contributed by atoms with Gasteiger partial charge in [-0.2, -0.15) is 0 Å². The zero-order chi connectivity index (χ0) is 14.8. The highest BCUT2D eigenvalue weighted by atomic mass is 79.9. The fourth-order valence-electron chi connectivity index (χ4n) is 2.73. The second-order valence-corrected chi connectivity index (χ2v) is 6.09. The number of halogens is 1. The molecular weight excluding hydrogens is 324 g/mol. The van der Waals surface area contributed by atoms with Crippen LogP contribution in [-0.2, 0) is 0 Å². The molecule has 3 rings (SSSR count). The number of nitrogens with one attached hydrogen (secondary N) is 1. The van der Waals surface area contributed by atoms with Gasteiger partial charge in [-0.05, 0) is 54.9 Å². The van der Waals surface area contributed by atoms with Crippen molar-refractivity contribution in [2.45, 2.75) is 13.0 Å². The first kappa shape index (κ1) is 14.2. The largest absolute Gasteiger partial charge is 0.309 e. The number of nitrogens with zero attached hydrogens (tertiary/aromatic N) is 1. The molecule has 3 aromatic rings. The van der Waals surface area contributed by atoms with Crippen LogP contribution in [-0.4, -0.2) is 12.0 Å². The lowest BCUT2D eigenvalue weighted by atomic mass is 9.94. The monoisotopic (exact) mass is 340 g/mol. The SMILES string of the molecule is CNC(c1ccc2cccnc2c1)c1ccc(Br)cc1C. The van der Waals surface area contributed by atoms with Crippen LogP contribution in [0, 0.1) is 6.92 Å². The average Bonchev–Trinajstić information content (AvgIpc) is 2.50. The third kappa shape index (κ3) is 2.85. The molecule has 21 heavy (non-hydrogen) atoms. The van der Waals surface area contributed by atoms with Gasteiger partial charge in [0.25, 0.3) is 0 Å². The van der Waals surface area contributed by atoms with Crippen molar-refractivity contribution >= 4 is 26.8 Å². The summed E-state index contributed by atoms with van der Waals surface area (Å²) in [5.74, 6) is 0. The molecule has 2 nitrogen and oxygen atoms in total. The molecule has 1 unspecified atom stereocenters. The Morgan fingerprint density at radius 3 is 2.71 bits per heavy atom. The number of aryl methyl sites for hydroxylation is 1. The average molecular weight is 341 g/mol. The van der Waals surface area contributed by atoms with E-state index in [9.17, 15) is 0 Å². The van der Waals surface area contributed by atoms with E-state index in [1.807, 2.05) is 19.3 Å². The van der Waals surface area contributed by atoms with Gasteiger partial charge in [0.2, 0.25) is 0 Å². The topological polar surface area (TPSA) is 24.9 Å². The van der Waals surface area contributed by atoms with Crippen LogP contribution in [0.1, 0.15) is 22.7 Å². The summed E-state index contributed by atoms with van der Waals surface area (Å²) in [6.07, 6.45) is 1.84. The summed E-state index contributed by atoms with van der Waals surface area (Å²) in [5, 5.41) is 4.59. The minimum atomic E-state index is 0.171. The van der Waals surface area contributed by atoms with Crippen molar-refractivity contribution < 1.29 is 0 Å². The Bertz CT molecular complexity index is 783. The molecule has 1 atom stereocenters. The van der Waals surface area contributed by atoms with Gasteiger partial charge in [0.15, 0.2) is 0 Å².